The van der Waals surface area contributed by atoms with Gasteiger partial charge < -0.3 is 10.1 Å². The van der Waals surface area contributed by atoms with Gasteiger partial charge in [0.1, 0.15) is 5.75 Å². The number of anilines is 1. The summed E-state index contributed by atoms with van der Waals surface area (Å²) in [4.78, 5) is 11.9. The first-order valence-electron chi connectivity index (χ1n) is 7.79. The summed E-state index contributed by atoms with van der Waals surface area (Å²) in [5, 5.41) is 2.63. The number of carbonyl (C=O) groups excluding carboxylic acids is 1. The zero-order chi connectivity index (χ0) is 19.9. The van der Waals surface area contributed by atoms with Crippen molar-refractivity contribution in [2.75, 3.05) is 11.0 Å². The van der Waals surface area contributed by atoms with Crippen LogP contribution in [0.3, 0.4) is 0 Å². The first-order chi connectivity index (χ1) is 12.7. The number of ether oxygens (including phenoxy) is 1. The van der Waals surface area contributed by atoms with Gasteiger partial charge in [0.2, 0.25) is 15.9 Å². The van der Waals surface area contributed by atoms with Crippen molar-refractivity contribution in [2.24, 2.45) is 0 Å². The van der Waals surface area contributed by atoms with Crippen molar-refractivity contribution in [3.63, 3.8) is 0 Å². The zero-order valence-corrected chi connectivity index (χ0v) is 15.2. The molecule has 0 aliphatic carbocycles. The number of rotatable bonds is 8. The van der Waals surface area contributed by atoms with Crippen LogP contribution >= 0.6 is 0 Å². The molecule has 2 aromatic carbocycles. The molecule has 27 heavy (non-hydrogen) atoms. The maximum Gasteiger partial charge on any atom is 0.387 e. The maximum atomic E-state index is 12.2. The molecule has 0 unspecified atom stereocenters. The summed E-state index contributed by atoms with van der Waals surface area (Å²) in [6, 6.07) is 12.5. The number of nitrogens with one attached hydrogen (secondary N) is 2. The van der Waals surface area contributed by atoms with Gasteiger partial charge in [0.05, 0.1) is 6.26 Å². The van der Waals surface area contributed by atoms with Crippen molar-refractivity contribution in [2.45, 2.75) is 13.2 Å². The molecule has 0 atom stereocenters. The molecule has 0 saturated carbocycles. The van der Waals surface area contributed by atoms with Crippen LogP contribution in [-0.4, -0.2) is 27.2 Å². The molecular weight excluding hydrogens is 378 g/mol. The van der Waals surface area contributed by atoms with E-state index in [1.54, 1.807) is 42.5 Å². The van der Waals surface area contributed by atoms with Crippen molar-refractivity contribution in [1.29, 1.82) is 0 Å². The van der Waals surface area contributed by atoms with E-state index in [-0.39, 0.29) is 18.2 Å². The summed E-state index contributed by atoms with van der Waals surface area (Å²) in [7, 11) is -3.34. The van der Waals surface area contributed by atoms with Gasteiger partial charge in [-0.15, -0.1) is 0 Å². The lowest BCUT2D eigenvalue weighted by molar-refractivity contribution is -0.116. The molecule has 144 valence electrons. The lowest BCUT2D eigenvalue weighted by atomic mass is 10.2. The molecule has 0 radical (unpaired) electrons. The molecule has 2 aromatic rings. The van der Waals surface area contributed by atoms with Gasteiger partial charge in [-0.3, -0.25) is 9.52 Å². The molecule has 0 aliphatic heterocycles. The molecule has 2 rings (SSSR count). The van der Waals surface area contributed by atoms with Crippen molar-refractivity contribution >= 4 is 27.7 Å². The smallest absolute Gasteiger partial charge is 0.387 e. The molecule has 6 nitrogen and oxygen atoms in total. The highest BCUT2D eigenvalue weighted by Crippen LogP contribution is 2.16. The molecule has 0 saturated heterocycles. The second-order valence-corrected chi connectivity index (χ2v) is 7.32. The average Bonchev–Trinajstić information content (AvgIpc) is 2.58. The SMILES string of the molecule is CS(=O)(=O)Nc1ccc(/C=C/C(=O)NCc2cccc(OC(F)F)c2)cc1. The number of carbonyl (C=O) groups is 1. The van der Waals surface area contributed by atoms with E-state index in [1.165, 1.54) is 18.2 Å². The van der Waals surface area contributed by atoms with E-state index in [0.717, 1.165) is 6.26 Å². The molecule has 0 spiro atoms. The third-order valence-electron chi connectivity index (χ3n) is 3.23. The largest absolute Gasteiger partial charge is 0.435 e. The summed E-state index contributed by atoms with van der Waals surface area (Å²) in [5.41, 5.74) is 1.74. The minimum atomic E-state index is -3.34. The van der Waals surface area contributed by atoms with Crippen LogP contribution in [0, 0.1) is 0 Å². The molecule has 0 bridgehead atoms. The molecule has 9 heteroatoms. The molecular formula is C18H18F2N2O4S. The second kappa shape index (κ2) is 9.13. The number of halogens is 2. The van der Waals surface area contributed by atoms with Crippen molar-refractivity contribution in [1.82, 2.24) is 5.32 Å². The van der Waals surface area contributed by atoms with Gasteiger partial charge >= 0.3 is 6.61 Å². The molecule has 1 amide bonds. The van der Waals surface area contributed by atoms with Gasteiger partial charge in [-0.25, -0.2) is 8.42 Å². The molecule has 0 fully saturated rings. The maximum absolute atomic E-state index is 12.2. The Hall–Kier alpha value is -2.94. The Morgan fingerprint density at radius 1 is 1.19 bits per heavy atom. The fraction of sp³-hybridized carbons (Fsp3) is 0.167. The quantitative estimate of drug-likeness (QED) is 0.672. The van der Waals surface area contributed by atoms with E-state index in [2.05, 4.69) is 14.8 Å². The summed E-state index contributed by atoms with van der Waals surface area (Å²) in [6.07, 6.45) is 3.94. The van der Waals surface area contributed by atoms with Crippen molar-refractivity contribution < 1.29 is 26.7 Å². The van der Waals surface area contributed by atoms with Crippen LogP contribution < -0.4 is 14.8 Å². The lowest BCUT2D eigenvalue weighted by Crippen LogP contribution is -2.20. The van der Waals surface area contributed by atoms with Crippen LogP contribution in [0.2, 0.25) is 0 Å². The number of hydrogen-bond acceptors (Lipinski definition) is 4. The highest BCUT2D eigenvalue weighted by molar-refractivity contribution is 7.92. The Bertz CT molecular complexity index is 913. The normalized spacial score (nSPS) is 11.6. The van der Waals surface area contributed by atoms with Crippen molar-refractivity contribution in [3.05, 3.63) is 65.7 Å². The van der Waals surface area contributed by atoms with E-state index < -0.39 is 16.6 Å². The van der Waals surface area contributed by atoms with Crippen LogP contribution in [0.15, 0.2) is 54.6 Å². The minimum Gasteiger partial charge on any atom is -0.435 e. The van der Waals surface area contributed by atoms with Gasteiger partial charge in [0, 0.05) is 18.3 Å². The second-order valence-electron chi connectivity index (χ2n) is 5.57. The van der Waals surface area contributed by atoms with E-state index in [9.17, 15) is 22.0 Å². The number of amides is 1. The Labute approximate surface area is 155 Å². The van der Waals surface area contributed by atoms with Gasteiger partial charge in [0.25, 0.3) is 0 Å². The van der Waals surface area contributed by atoms with E-state index in [1.807, 2.05) is 0 Å². The molecule has 0 aliphatic rings. The Balaban J connectivity index is 1.88. The molecule has 2 N–H and O–H groups in total. The topological polar surface area (TPSA) is 84.5 Å². The summed E-state index contributed by atoms with van der Waals surface area (Å²) < 4.78 is 53.3. The standard InChI is InChI=1S/C18H18F2N2O4S/c1-27(24,25)22-15-8-5-13(6-9-15)7-10-17(23)21-12-14-3-2-4-16(11-14)26-18(19)20/h2-11,18,22H,12H2,1H3,(H,21,23)/b10-7+. The lowest BCUT2D eigenvalue weighted by Gasteiger charge is -2.07. The van der Waals surface area contributed by atoms with Gasteiger partial charge in [0.15, 0.2) is 0 Å². The fourth-order valence-electron chi connectivity index (χ4n) is 2.13. The Morgan fingerprint density at radius 2 is 1.89 bits per heavy atom. The van der Waals surface area contributed by atoms with Crippen LogP contribution in [-0.2, 0) is 21.4 Å². The van der Waals surface area contributed by atoms with Gasteiger partial charge in [-0.1, -0.05) is 24.3 Å². The Morgan fingerprint density at radius 3 is 2.52 bits per heavy atom. The number of alkyl halides is 2. The fourth-order valence-corrected chi connectivity index (χ4v) is 2.69. The van der Waals surface area contributed by atoms with E-state index in [4.69, 9.17) is 0 Å². The minimum absolute atomic E-state index is 0.0232. The number of hydrogen-bond donors (Lipinski definition) is 2. The zero-order valence-electron chi connectivity index (χ0n) is 14.4. The highest BCUT2D eigenvalue weighted by Gasteiger charge is 2.05. The van der Waals surface area contributed by atoms with Crippen molar-refractivity contribution in [3.8, 4) is 5.75 Å². The van der Waals surface area contributed by atoms with E-state index in [0.29, 0.717) is 16.8 Å². The number of benzene rings is 2. The first-order valence-corrected chi connectivity index (χ1v) is 9.68. The predicted molar refractivity (Wildman–Crippen MR) is 98.9 cm³/mol. The summed E-state index contributed by atoms with van der Waals surface area (Å²) >= 11 is 0. The third kappa shape index (κ3) is 7.87. The number of sulfonamides is 1. The van der Waals surface area contributed by atoms with Crippen LogP contribution in [0.25, 0.3) is 6.08 Å². The average molecular weight is 396 g/mol. The van der Waals surface area contributed by atoms with E-state index >= 15 is 0 Å². The third-order valence-corrected chi connectivity index (χ3v) is 3.84. The van der Waals surface area contributed by atoms with Crippen LogP contribution in [0.5, 0.6) is 5.75 Å². The van der Waals surface area contributed by atoms with Crippen LogP contribution in [0.1, 0.15) is 11.1 Å². The monoisotopic (exact) mass is 396 g/mol. The first kappa shape index (κ1) is 20.4. The van der Waals surface area contributed by atoms with Gasteiger partial charge in [-0.05, 0) is 41.5 Å². The predicted octanol–water partition coefficient (Wildman–Crippen LogP) is 2.99. The molecule has 0 heterocycles. The highest BCUT2D eigenvalue weighted by atomic mass is 32.2. The Kier molecular flexibility index (Phi) is 6.89. The van der Waals surface area contributed by atoms with Gasteiger partial charge in [-0.2, -0.15) is 8.78 Å². The molecule has 0 aromatic heterocycles. The summed E-state index contributed by atoms with van der Waals surface area (Å²) in [5.74, 6) is -0.344. The van der Waals surface area contributed by atoms with Crippen LogP contribution in [0.4, 0.5) is 14.5 Å². The summed E-state index contributed by atoms with van der Waals surface area (Å²) in [6.45, 7) is -2.75.